The highest BCUT2D eigenvalue weighted by Crippen LogP contribution is 2.36. The molecule has 1 N–H and O–H groups in total. The highest BCUT2D eigenvalue weighted by molar-refractivity contribution is 8.00. The Balaban J connectivity index is 2.26. The SMILES string of the molecule is CC1CNC(c2ccccc2C(F)(F)F)CS1. The van der Waals surface area contributed by atoms with Gasteiger partial charge in [0.25, 0.3) is 0 Å². The van der Waals surface area contributed by atoms with Gasteiger partial charge >= 0.3 is 6.18 Å². The van der Waals surface area contributed by atoms with Crippen LogP contribution >= 0.6 is 11.8 Å². The van der Waals surface area contributed by atoms with Gasteiger partial charge < -0.3 is 5.32 Å². The van der Waals surface area contributed by atoms with E-state index in [1.807, 2.05) is 0 Å². The molecule has 0 saturated carbocycles. The lowest BCUT2D eigenvalue weighted by Crippen LogP contribution is -2.35. The van der Waals surface area contributed by atoms with Crippen molar-refractivity contribution in [2.24, 2.45) is 0 Å². The van der Waals surface area contributed by atoms with Crippen LogP contribution in [-0.4, -0.2) is 17.5 Å². The predicted octanol–water partition coefficient (Wildman–Crippen LogP) is 3.47. The molecular formula is C12H14F3NS. The topological polar surface area (TPSA) is 12.0 Å². The third-order valence-corrected chi connectivity index (χ3v) is 4.10. The minimum absolute atomic E-state index is 0.200. The minimum Gasteiger partial charge on any atom is -0.308 e. The standard InChI is InChI=1S/C12H14F3NS/c1-8-6-16-11(7-17-8)9-4-2-3-5-10(9)12(13,14)15/h2-5,8,11,16H,6-7H2,1H3. The number of nitrogens with one attached hydrogen (secondary N) is 1. The quantitative estimate of drug-likeness (QED) is 0.830. The third kappa shape index (κ3) is 2.96. The maximum atomic E-state index is 12.8. The Hall–Kier alpha value is -0.680. The van der Waals surface area contributed by atoms with Crippen molar-refractivity contribution in [3.8, 4) is 0 Å². The Morgan fingerprint density at radius 2 is 2.00 bits per heavy atom. The summed E-state index contributed by atoms with van der Waals surface area (Å²) in [6, 6.07) is 5.62. The van der Waals surface area contributed by atoms with Crippen molar-refractivity contribution in [1.82, 2.24) is 5.32 Å². The van der Waals surface area contributed by atoms with Gasteiger partial charge in [-0.15, -0.1) is 0 Å². The van der Waals surface area contributed by atoms with Gasteiger partial charge in [0.15, 0.2) is 0 Å². The highest BCUT2D eigenvalue weighted by Gasteiger charge is 2.35. The van der Waals surface area contributed by atoms with Crippen LogP contribution in [0.5, 0.6) is 0 Å². The Morgan fingerprint density at radius 3 is 2.59 bits per heavy atom. The average Bonchev–Trinajstić information content (AvgIpc) is 2.29. The number of thioether (sulfide) groups is 1. The number of alkyl halides is 3. The maximum Gasteiger partial charge on any atom is 0.416 e. The van der Waals surface area contributed by atoms with Crippen molar-refractivity contribution < 1.29 is 13.2 Å². The van der Waals surface area contributed by atoms with E-state index >= 15 is 0 Å². The summed E-state index contributed by atoms with van der Waals surface area (Å²) in [5, 5.41) is 3.64. The predicted molar refractivity (Wildman–Crippen MR) is 64.1 cm³/mol. The second-order valence-corrected chi connectivity index (χ2v) is 5.66. The van der Waals surface area contributed by atoms with Crippen molar-refractivity contribution >= 4 is 11.8 Å². The lowest BCUT2D eigenvalue weighted by atomic mass is 10.0. The van der Waals surface area contributed by atoms with Crippen LogP contribution < -0.4 is 5.32 Å². The molecule has 0 aromatic heterocycles. The van der Waals surface area contributed by atoms with Gasteiger partial charge in [-0.1, -0.05) is 25.1 Å². The molecule has 0 amide bonds. The molecule has 1 heterocycles. The summed E-state index contributed by atoms with van der Waals surface area (Å²) in [5.74, 6) is 0.689. The van der Waals surface area contributed by atoms with E-state index in [1.165, 1.54) is 6.07 Å². The summed E-state index contributed by atoms with van der Waals surface area (Å²) < 4.78 is 38.5. The summed E-state index contributed by atoms with van der Waals surface area (Å²) in [6.07, 6.45) is -4.27. The summed E-state index contributed by atoms with van der Waals surface area (Å²) >= 11 is 1.71. The van der Waals surface area contributed by atoms with Crippen LogP contribution in [0, 0.1) is 0 Å². The number of halogens is 3. The Bertz CT molecular complexity index is 384. The smallest absolute Gasteiger partial charge is 0.308 e. The normalized spacial score (nSPS) is 25.9. The van der Waals surface area contributed by atoms with Gasteiger partial charge in [-0.25, -0.2) is 0 Å². The molecule has 1 aromatic carbocycles. The van der Waals surface area contributed by atoms with Crippen LogP contribution in [-0.2, 0) is 6.18 Å². The summed E-state index contributed by atoms with van der Waals surface area (Å²) in [6.45, 7) is 2.82. The summed E-state index contributed by atoms with van der Waals surface area (Å²) in [7, 11) is 0. The molecule has 94 valence electrons. The van der Waals surface area contributed by atoms with E-state index in [4.69, 9.17) is 0 Å². The second kappa shape index (κ2) is 4.90. The van der Waals surface area contributed by atoms with Crippen LogP contribution in [0.1, 0.15) is 24.1 Å². The fourth-order valence-corrected chi connectivity index (χ4v) is 2.98. The van der Waals surface area contributed by atoms with Gasteiger partial charge in [0.05, 0.1) is 5.56 Å². The minimum atomic E-state index is -4.27. The maximum absolute atomic E-state index is 12.8. The average molecular weight is 261 g/mol. The number of hydrogen-bond acceptors (Lipinski definition) is 2. The Kier molecular flexibility index (Phi) is 3.68. The van der Waals surface area contributed by atoms with Crippen molar-refractivity contribution in [2.75, 3.05) is 12.3 Å². The number of hydrogen-bond donors (Lipinski definition) is 1. The third-order valence-electron chi connectivity index (χ3n) is 2.84. The fourth-order valence-electron chi connectivity index (χ4n) is 1.95. The molecule has 1 aliphatic rings. The van der Waals surface area contributed by atoms with E-state index in [2.05, 4.69) is 12.2 Å². The lowest BCUT2D eigenvalue weighted by molar-refractivity contribution is -0.138. The zero-order valence-corrected chi connectivity index (χ0v) is 10.2. The van der Waals surface area contributed by atoms with Crippen LogP contribution in [0.25, 0.3) is 0 Å². The number of benzene rings is 1. The summed E-state index contributed by atoms with van der Waals surface area (Å²) in [5.41, 5.74) is -0.160. The van der Waals surface area contributed by atoms with E-state index in [0.717, 1.165) is 12.6 Å². The lowest BCUT2D eigenvalue weighted by Gasteiger charge is -2.29. The van der Waals surface area contributed by atoms with E-state index in [-0.39, 0.29) is 6.04 Å². The number of rotatable bonds is 1. The first-order valence-corrected chi connectivity index (χ1v) is 6.54. The molecule has 2 rings (SSSR count). The first-order valence-electron chi connectivity index (χ1n) is 5.49. The first-order chi connectivity index (χ1) is 7.98. The molecule has 2 atom stereocenters. The van der Waals surface area contributed by atoms with Gasteiger partial charge in [0, 0.05) is 23.6 Å². The zero-order valence-electron chi connectivity index (χ0n) is 9.42. The van der Waals surface area contributed by atoms with E-state index in [0.29, 0.717) is 16.6 Å². The molecule has 0 aliphatic carbocycles. The Labute approximate surface area is 103 Å². The van der Waals surface area contributed by atoms with E-state index in [9.17, 15) is 13.2 Å². The van der Waals surface area contributed by atoms with Crippen molar-refractivity contribution in [3.63, 3.8) is 0 Å². The van der Waals surface area contributed by atoms with E-state index in [1.54, 1.807) is 23.9 Å². The molecule has 5 heteroatoms. The molecule has 17 heavy (non-hydrogen) atoms. The fraction of sp³-hybridized carbons (Fsp3) is 0.500. The van der Waals surface area contributed by atoms with Crippen LogP contribution in [0.2, 0.25) is 0 Å². The summed E-state index contributed by atoms with van der Waals surface area (Å²) in [4.78, 5) is 0. The second-order valence-electron chi connectivity index (χ2n) is 4.19. The largest absolute Gasteiger partial charge is 0.416 e. The molecule has 0 radical (unpaired) electrons. The Morgan fingerprint density at radius 1 is 1.29 bits per heavy atom. The molecule has 0 spiro atoms. The van der Waals surface area contributed by atoms with E-state index < -0.39 is 11.7 Å². The van der Waals surface area contributed by atoms with Gasteiger partial charge in [0.2, 0.25) is 0 Å². The molecule has 1 aliphatic heterocycles. The van der Waals surface area contributed by atoms with Crippen LogP contribution in [0.3, 0.4) is 0 Å². The van der Waals surface area contributed by atoms with Crippen molar-refractivity contribution in [2.45, 2.75) is 24.4 Å². The zero-order chi connectivity index (χ0) is 12.5. The van der Waals surface area contributed by atoms with Crippen molar-refractivity contribution in [1.29, 1.82) is 0 Å². The van der Waals surface area contributed by atoms with Crippen molar-refractivity contribution in [3.05, 3.63) is 35.4 Å². The van der Waals surface area contributed by atoms with Gasteiger partial charge in [-0.05, 0) is 11.6 Å². The first kappa shape index (κ1) is 12.8. The molecule has 2 unspecified atom stereocenters. The monoisotopic (exact) mass is 261 g/mol. The van der Waals surface area contributed by atoms with Gasteiger partial charge in [-0.2, -0.15) is 24.9 Å². The molecule has 1 fully saturated rings. The van der Waals surface area contributed by atoms with Gasteiger partial charge in [-0.3, -0.25) is 0 Å². The molecule has 1 aromatic rings. The molecule has 1 nitrogen and oxygen atoms in total. The van der Waals surface area contributed by atoms with Gasteiger partial charge in [0.1, 0.15) is 0 Å². The molecule has 0 bridgehead atoms. The highest BCUT2D eigenvalue weighted by atomic mass is 32.2. The molecular weight excluding hydrogens is 247 g/mol. The van der Waals surface area contributed by atoms with Crippen LogP contribution in [0.4, 0.5) is 13.2 Å². The molecule has 1 saturated heterocycles. The van der Waals surface area contributed by atoms with Crippen LogP contribution in [0.15, 0.2) is 24.3 Å².